The van der Waals surface area contributed by atoms with Crippen LogP contribution in [0.5, 0.6) is 0 Å². The molecule has 0 radical (unpaired) electrons. The lowest BCUT2D eigenvalue weighted by molar-refractivity contribution is -0.137. The summed E-state index contributed by atoms with van der Waals surface area (Å²) in [6.45, 7) is 4.74. The van der Waals surface area contributed by atoms with Gasteiger partial charge in [0.2, 0.25) is 0 Å². The summed E-state index contributed by atoms with van der Waals surface area (Å²) in [7, 11) is 0. The molecule has 3 unspecified atom stereocenters. The van der Waals surface area contributed by atoms with Crippen LogP contribution >= 0.6 is 0 Å². The zero-order chi connectivity index (χ0) is 15.6. The van der Waals surface area contributed by atoms with Crippen LogP contribution in [-0.4, -0.2) is 23.5 Å². The molecular weight excluding hydrogens is 277 g/mol. The van der Waals surface area contributed by atoms with E-state index in [1.807, 2.05) is 0 Å². The van der Waals surface area contributed by atoms with E-state index in [1.54, 1.807) is 12.1 Å². The summed E-state index contributed by atoms with van der Waals surface area (Å²) in [5.74, 6) is 0. The number of hydrogen-bond donors (Lipinski definition) is 1. The van der Waals surface area contributed by atoms with Gasteiger partial charge < -0.3 is 5.73 Å². The van der Waals surface area contributed by atoms with Crippen molar-refractivity contribution in [2.75, 3.05) is 6.54 Å². The molecule has 1 aromatic carbocycles. The third kappa shape index (κ3) is 3.40. The fraction of sp³-hybridized carbons (Fsp3) is 0.625. The van der Waals surface area contributed by atoms with E-state index in [1.165, 1.54) is 0 Å². The topological polar surface area (TPSA) is 29.3 Å². The lowest BCUT2D eigenvalue weighted by atomic mass is 10.0. The van der Waals surface area contributed by atoms with Gasteiger partial charge in [0, 0.05) is 24.7 Å². The van der Waals surface area contributed by atoms with Crippen molar-refractivity contribution in [3.8, 4) is 0 Å². The van der Waals surface area contributed by atoms with Crippen molar-refractivity contribution in [1.29, 1.82) is 0 Å². The summed E-state index contributed by atoms with van der Waals surface area (Å²) < 4.78 is 37.9. The molecule has 0 aliphatic carbocycles. The van der Waals surface area contributed by atoms with Crippen LogP contribution in [0.25, 0.3) is 0 Å². The molecule has 1 aliphatic heterocycles. The van der Waals surface area contributed by atoms with E-state index >= 15 is 0 Å². The van der Waals surface area contributed by atoms with Gasteiger partial charge in [-0.1, -0.05) is 19.1 Å². The standard InChI is InChI=1S/C16H23F3N2/c1-3-14-9-4-11(2)21(14)15(10-20)12-5-7-13(8-6-12)16(17,18)19/h5-8,11,14-15H,3-4,9-10,20H2,1-2H3. The summed E-state index contributed by atoms with van der Waals surface area (Å²) in [4.78, 5) is 2.38. The third-order valence-electron chi connectivity index (χ3n) is 4.53. The number of alkyl halides is 3. The number of rotatable bonds is 4. The summed E-state index contributed by atoms with van der Waals surface area (Å²) in [5, 5.41) is 0. The minimum Gasteiger partial charge on any atom is -0.329 e. The fourth-order valence-electron chi connectivity index (χ4n) is 3.39. The molecule has 1 saturated heterocycles. The lowest BCUT2D eigenvalue weighted by Gasteiger charge is -2.35. The highest BCUT2D eigenvalue weighted by Crippen LogP contribution is 2.36. The molecule has 2 nitrogen and oxygen atoms in total. The predicted octanol–water partition coefficient (Wildman–Crippen LogP) is 3.97. The number of nitrogens with two attached hydrogens (primary N) is 1. The lowest BCUT2D eigenvalue weighted by Crippen LogP contribution is -2.41. The molecule has 2 rings (SSSR count). The first kappa shape index (κ1) is 16.3. The van der Waals surface area contributed by atoms with Gasteiger partial charge in [-0.05, 0) is 43.9 Å². The largest absolute Gasteiger partial charge is 0.416 e. The van der Waals surface area contributed by atoms with Crippen LogP contribution in [-0.2, 0) is 6.18 Å². The summed E-state index contributed by atoms with van der Waals surface area (Å²) >= 11 is 0. The number of likely N-dealkylation sites (tertiary alicyclic amines) is 1. The molecule has 1 fully saturated rings. The van der Waals surface area contributed by atoms with Gasteiger partial charge in [-0.3, -0.25) is 4.90 Å². The van der Waals surface area contributed by atoms with E-state index in [0.717, 1.165) is 37.0 Å². The predicted molar refractivity (Wildman–Crippen MR) is 77.9 cm³/mol. The Bertz CT molecular complexity index is 456. The molecule has 1 heterocycles. The first-order valence-electron chi connectivity index (χ1n) is 7.53. The number of halogens is 3. The van der Waals surface area contributed by atoms with E-state index in [0.29, 0.717) is 18.6 Å². The van der Waals surface area contributed by atoms with E-state index in [-0.39, 0.29) is 6.04 Å². The molecule has 0 aromatic heterocycles. The maximum absolute atomic E-state index is 12.6. The molecule has 0 bridgehead atoms. The van der Waals surface area contributed by atoms with Crippen molar-refractivity contribution in [2.45, 2.75) is 57.4 Å². The van der Waals surface area contributed by atoms with E-state index in [2.05, 4.69) is 18.7 Å². The van der Waals surface area contributed by atoms with Crippen LogP contribution in [0, 0.1) is 0 Å². The zero-order valence-corrected chi connectivity index (χ0v) is 12.5. The maximum atomic E-state index is 12.6. The fourth-order valence-corrected chi connectivity index (χ4v) is 3.39. The third-order valence-corrected chi connectivity index (χ3v) is 4.53. The van der Waals surface area contributed by atoms with Crippen molar-refractivity contribution in [2.24, 2.45) is 5.73 Å². The monoisotopic (exact) mass is 300 g/mol. The van der Waals surface area contributed by atoms with Gasteiger partial charge in [0.15, 0.2) is 0 Å². The minimum atomic E-state index is -4.29. The smallest absolute Gasteiger partial charge is 0.329 e. The highest BCUT2D eigenvalue weighted by Gasteiger charge is 2.35. The van der Waals surface area contributed by atoms with Gasteiger partial charge in [0.25, 0.3) is 0 Å². The van der Waals surface area contributed by atoms with Crippen molar-refractivity contribution < 1.29 is 13.2 Å². The highest BCUT2D eigenvalue weighted by atomic mass is 19.4. The first-order valence-corrected chi connectivity index (χ1v) is 7.53. The van der Waals surface area contributed by atoms with Crippen LogP contribution in [0.1, 0.15) is 50.3 Å². The first-order chi connectivity index (χ1) is 9.88. The van der Waals surface area contributed by atoms with Crippen molar-refractivity contribution in [1.82, 2.24) is 4.90 Å². The maximum Gasteiger partial charge on any atom is 0.416 e. The zero-order valence-electron chi connectivity index (χ0n) is 12.5. The summed E-state index contributed by atoms with van der Waals surface area (Å²) in [5.41, 5.74) is 6.19. The van der Waals surface area contributed by atoms with Crippen LogP contribution in [0.3, 0.4) is 0 Å². The SMILES string of the molecule is CCC1CCC(C)N1C(CN)c1ccc(C(F)(F)F)cc1. The molecule has 21 heavy (non-hydrogen) atoms. The number of benzene rings is 1. The van der Waals surface area contributed by atoms with E-state index < -0.39 is 11.7 Å². The quantitative estimate of drug-likeness (QED) is 0.911. The Morgan fingerprint density at radius 3 is 2.33 bits per heavy atom. The Morgan fingerprint density at radius 2 is 1.86 bits per heavy atom. The van der Waals surface area contributed by atoms with Crippen molar-refractivity contribution in [3.05, 3.63) is 35.4 Å². The molecule has 118 valence electrons. The average molecular weight is 300 g/mol. The minimum absolute atomic E-state index is 0.00488. The molecule has 3 atom stereocenters. The molecule has 1 aromatic rings. The normalized spacial score (nSPS) is 25.2. The van der Waals surface area contributed by atoms with Gasteiger partial charge >= 0.3 is 6.18 Å². The molecule has 2 N–H and O–H groups in total. The Labute approximate surface area is 124 Å². The molecule has 0 saturated carbocycles. The second kappa shape index (κ2) is 6.36. The number of nitrogens with zero attached hydrogens (tertiary/aromatic N) is 1. The van der Waals surface area contributed by atoms with Gasteiger partial charge in [0.1, 0.15) is 0 Å². The Morgan fingerprint density at radius 1 is 1.24 bits per heavy atom. The average Bonchev–Trinajstić information content (AvgIpc) is 2.81. The number of hydrogen-bond acceptors (Lipinski definition) is 2. The van der Waals surface area contributed by atoms with Gasteiger partial charge in [-0.2, -0.15) is 13.2 Å². The van der Waals surface area contributed by atoms with Crippen molar-refractivity contribution >= 4 is 0 Å². The van der Waals surface area contributed by atoms with E-state index in [4.69, 9.17) is 5.73 Å². The van der Waals surface area contributed by atoms with Crippen LogP contribution in [0.4, 0.5) is 13.2 Å². The summed E-state index contributed by atoms with van der Waals surface area (Å²) in [6.07, 6.45) is -0.991. The van der Waals surface area contributed by atoms with Crippen molar-refractivity contribution in [3.63, 3.8) is 0 Å². The van der Waals surface area contributed by atoms with Gasteiger partial charge in [-0.25, -0.2) is 0 Å². The summed E-state index contributed by atoms with van der Waals surface area (Å²) in [6, 6.07) is 6.33. The second-order valence-corrected chi connectivity index (χ2v) is 5.81. The van der Waals surface area contributed by atoms with Crippen LogP contribution in [0.2, 0.25) is 0 Å². The molecular formula is C16H23F3N2. The molecule has 1 aliphatic rings. The van der Waals surface area contributed by atoms with E-state index in [9.17, 15) is 13.2 Å². The highest BCUT2D eigenvalue weighted by molar-refractivity contribution is 5.27. The van der Waals surface area contributed by atoms with Gasteiger partial charge in [0.05, 0.1) is 5.56 Å². The molecule has 0 spiro atoms. The van der Waals surface area contributed by atoms with Crippen LogP contribution < -0.4 is 5.73 Å². The Hall–Kier alpha value is -1.07. The molecule has 5 heteroatoms. The Kier molecular flexibility index (Phi) is 4.94. The Balaban J connectivity index is 2.25. The second-order valence-electron chi connectivity index (χ2n) is 5.81. The molecule has 0 amide bonds. The van der Waals surface area contributed by atoms with Gasteiger partial charge in [-0.15, -0.1) is 0 Å². The van der Waals surface area contributed by atoms with Crippen LogP contribution in [0.15, 0.2) is 24.3 Å².